The first-order valence-electron chi connectivity index (χ1n) is 5.24. The van der Waals surface area contributed by atoms with Gasteiger partial charge in [0.1, 0.15) is 6.10 Å². The third-order valence-corrected chi connectivity index (χ3v) is 2.99. The maximum atomic E-state index is 5.81. The highest BCUT2D eigenvalue weighted by molar-refractivity contribution is 6.16. The zero-order chi connectivity index (χ0) is 10.8. The molecule has 1 aromatic heterocycles. The van der Waals surface area contributed by atoms with Gasteiger partial charge >= 0.3 is 0 Å². The minimum Gasteiger partial charge on any atom is -0.367 e. The van der Waals surface area contributed by atoms with Gasteiger partial charge in [-0.25, -0.2) is 9.97 Å². The van der Waals surface area contributed by atoms with Crippen LogP contribution in [0.25, 0.3) is 0 Å². The Bertz CT molecular complexity index is 356. The number of hydrogen-bond donors (Lipinski definition) is 0. The summed E-state index contributed by atoms with van der Waals surface area (Å²) in [6, 6.07) is 0. The SMILES string of the molecule is Cc1cnc(C2CCC(C)O2)nc1CCl. The van der Waals surface area contributed by atoms with Crippen LogP contribution in [0, 0.1) is 6.92 Å². The lowest BCUT2D eigenvalue weighted by atomic mass is 10.2. The van der Waals surface area contributed by atoms with Gasteiger partial charge < -0.3 is 4.74 Å². The van der Waals surface area contributed by atoms with E-state index in [1.54, 1.807) is 0 Å². The molecule has 0 radical (unpaired) electrons. The molecule has 0 aliphatic carbocycles. The van der Waals surface area contributed by atoms with E-state index < -0.39 is 0 Å². The van der Waals surface area contributed by atoms with Crippen molar-refractivity contribution in [1.29, 1.82) is 0 Å². The highest BCUT2D eigenvalue weighted by Crippen LogP contribution is 2.30. The average molecular weight is 227 g/mol. The lowest BCUT2D eigenvalue weighted by Crippen LogP contribution is -2.07. The van der Waals surface area contributed by atoms with E-state index >= 15 is 0 Å². The van der Waals surface area contributed by atoms with Gasteiger partial charge in [-0.2, -0.15) is 0 Å². The number of hydrogen-bond acceptors (Lipinski definition) is 3. The maximum Gasteiger partial charge on any atom is 0.157 e. The fourth-order valence-corrected chi connectivity index (χ4v) is 2.05. The summed E-state index contributed by atoms with van der Waals surface area (Å²) in [6.07, 6.45) is 4.29. The molecule has 1 fully saturated rings. The predicted octanol–water partition coefficient (Wildman–Crippen LogP) is 2.76. The second kappa shape index (κ2) is 4.45. The number of rotatable bonds is 2. The van der Waals surface area contributed by atoms with Crippen molar-refractivity contribution in [3.63, 3.8) is 0 Å². The number of nitrogens with zero attached hydrogens (tertiary/aromatic N) is 2. The largest absolute Gasteiger partial charge is 0.367 e. The van der Waals surface area contributed by atoms with Crippen LogP contribution in [0.5, 0.6) is 0 Å². The molecule has 2 atom stereocenters. The van der Waals surface area contributed by atoms with E-state index in [1.165, 1.54) is 0 Å². The van der Waals surface area contributed by atoms with Gasteiger partial charge in [-0.15, -0.1) is 11.6 Å². The summed E-state index contributed by atoms with van der Waals surface area (Å²) >= 11 is 5.81. The van der Waals surface area contributed by atoms with Crippen LogP contribution in [0.2, 0.25) is 0 Å². The van der Waals surface area contributed by atoms with Gasteiger partial charge in [0.2, 0.25) is 0 Å². The van der Waals surface area contributed by atoms with Crippen molar-refractivity contribution in [3.8, 4) is 0 Å². The molecule has 15 heavy (non-hydrogen) atoms. The molecule has 1 aliphatic heterocycles. The van der Waals surface area contributed by atoms with Crippen LogP contribution in [0.4, 0.5) is 0 Å². The third-order valence-electron chi connectivity index (χ3n) is 2.74. The van der Waals surface area contributed by atoms with E-state index in [4.69, 9.17) is 16.3 Å². The third kappa shape index (κ3) is 2.29. The molecule has 82 valence electrons. The Kier molecular flexibility index (Phi) is 3.22. The molecule has 0 amide bonds. The monoisotopic (exact) mass is 226 g/mol. The normalized spacial score (nSPS) is 25.8. The summed E-state index contributed by atoms with van der Waals surface area (Å²) in [5, 5.41) is 0. The molecule has 1 aromatic rings. The van der Waals surface area contributed by atoms with Gasteiger partial charge in [0.15, 0.2) is 5.82 Å². The van der Waals surface area contributed by atoms with Crippen LogP contribution in [0.1, 0.15) is 43.0 Å². The Hall–Kier alpha value is -0.670. The van der Waals surface area contributed by atoms with Crippen LogP contribution in [0.15, 0.2) is 6.20 Å². The van der Waals surface area contributed by atoms with Crippen molar-refractivity contribution in [2.75, 3.05) is 0 Å². The number of halogens is 1. The van der Waals surface area contributed by atoms with E-state index in [0.29, 0.717) is 12.0 Å². The molecule has 2 rings (SSSR count). The van der Waals surface area contributed by atoms with Crippen molar-refractivity contribution >= 4 is 11.6 Å². The molecule has 3 nitrogen and oxygen atoms in total. The summed E-state index contributed by atoms with van der Waals surface area (Å²) in [5.74, 6) is 1.21. The van der Waals surface area contributed by atoms with Crippen molar-refractivity contribution in [2.45, 2.75) is 44.8 Å². The topological polar surface area (TPSA) is 35.0 Å². The van der Waals surface area contributed by atoms with Crippen molar-refractivity contribution in [2.24, 2.45) is 0 Å². The Morgan fingerprint density at radius 1 is 1.53 bits per heavy atom. The molecule has 2 unspecified atom stereocenters. The summed E-state index contributed by atoms with van der Waals surface area (Å²) in [6.45, 7) is 4.05. The molecular formula is C11H15ClN2O. The van der Waals surface area contributed by atoms with E-state index in [9.17, 15) is 0 Å². The molecular weight excluding hydrogens is 212 g/mol. The van der Waals surface area contributed by atoms with Gasteiger partial charge in [-0.3, -0.25) is 0 Å². The fraction of sp³-hybridized carbons (Fsp3) is 0.636. The van der Waals surface area contributed by atoms with E-state index in [-0.39, 0.29) is 6.10 Å². The second-order valence-corrected chi connectivity index (χ2v) is 4.27. The molecule has 0 spiro atoms. The van der Waals surface area contributed by atoms with Gasteiger partial charge in [-0.05, 0) is 32.3 Å². The Balaban J connectivity index is 2.21. The van der Waals surface area contributed by atoms with Gasteiger partial charge in [0, 0.05) is 6.20 Å². The van der Waals surface area contributed by atoms with E-state index in [0.717, 1.165) is 29.9 Å². The van der Waals surface area contributed by atoms with Gasteiger partial charge in [0.25, 0.3) is 0 Å². The Morgan fingerprint density at radius 2 is 2.33 bits per heavy atom. The first-order valence-corrected chi connectivity index (χ1v) is 5.78. The van der Waals surface area contributed by atoms with Crippen molar-refractivity contribution in [3.05, 3.63) is 23.3 Å². The highest BCUT2D eigenvalue weighted by atomic mass is 35.5. The smallest absolute Gasteiger partial charge is 0.157 e. The van der Waals surface area contributed by atoms with Crippen LogP contribution >= 0.6 is 11.6 Å². The Morgan fingerprint density at radius 3 is 2.93 bits per heavy atom. The number of alkyl halides is 1. The molecule has 2 heterocycles. The predicted molar refractivity (Wildman–Crippen MR) is 58.8 cm³/mol. The molecule has 0 saturated carbocycles. The van der Waals surface area contributed by atoms with E-state index in [1.807, 2.05) is 13.1 Å². The molecule has 0 N–H and O–H groups in total. The van der Waals surface area contributed by atoms with Crippen LogP contribution in [-0.4, -0.2) is 16.1 Å². The number of aryl methyl sites for hydroxylation is 1. The summed E-state index contributed by atoms with van der Waals surface area (Å²) < 4.78 is 5.72. The lowest BCUT2D eigenvalue weighted by Gasteiger charge is -2.11. The molecule has 0 aromatic carbocycles. The quantitative estimate of drug-likeness (QED) is 0.728. The van der Waals surface area contributed by atoms with Crippen LogP contribution in [0.3, 0.4) is 0 Å². The molecule has 1 saturated heterocycles. The minimum atomic E-state index is 0.0579. The lowest BCUT2D eigenvalue weighted by molar-refractivity contribution is 0.0501. The maximum absolute atomic E-state index is 5.81. The van der Waals surface area contributed by atoms with Gasteiger partial charge in [0.05, 0.1) is 17.7 Å². The molecule has 4 heteroatoms. The summed E-state index contributed by atoms with van der Waals surface area (Å²) in [4.78, 5) is 8.75. The summed E-state index contributed by atoms with van der Waals surface area (Å²) in [7, 11) is 0. The summed E-state index contributed by atoms with van der Waals surface area (Å²) in [5.41, 5.74) is 1.95. The highest BCUT2D eigenvalue weighted by Gasteiger charge is 2.25. The fourth-order valence-electron chi connectivity index (χ4n) is 1.78. The Labute approximate surface area is 94.8 Å². The molecule has 0 bridgehead atoms. The van der Waals surface area contributed by atoms with Crippen molar-refractivity contribution in [1.82, 2.24) is 9.97 Å². The molecule has 1 aliphatic rings. The number of ether oxygens (including phenoxy) is 1. The zero-order valence-electron chi connectivity index (χ0n) is 9.03. The number of aromatic nitrogens is 2. The zero-order valence-corrected chi connectivity index (χ0v) is 9.79. The minimum absolute atomic E-state index is 0.0579. The standard InChI is InChI=1S/C11H15ClN2O/c1-7-6-13-11(14-9(7)5-12)10-4-3-8(2)15-10/h6,8,10H,3-5H2,1-2H3. The van der Waals surface area contributed by atoms with E-state index in [2.05, 4.69) is 16.9 Å². The van der Waals surface area contributed by atoms with Gasteiger partial charge in [-0.1, -0.05) is 0 Å². The second-order valence-electron chi connectivity index (χ2n) is 4.00. The van der Waals surface area contributed by atoms with Crippen LogP contribution in [-0.2, 0) is 10.6 Å². The first kappa shape index (κ1) is 10.8. The van der Waals surface area contributed by atoms with Crippen LogP contribution < -0.4 is 0 Å². The average Bonchev–Trinajstić information content (AvgIpc) is 2.66. The first-order chi connectivity index (χ1) is 7.20. The van der Waals surface area contributed by atoms with Crippen molar-refractivity contribution < 1.29 is 4.74 Å².